The maximum Gasteiger partial charge on any atom is 0.133 e. The van der Waals surface area contributed by atoms with Crippen molar-refractivity contribution in [2.45, 2.75) is 13.5 Å². The number of fused-ring (bicyclic) bond motifs is 1. The molecule has 0 amide bonds. The molecule has 29 heavy (non-hydrogen) atoms. The van der Waals surface area contributed by atoms with E-state index >= 15 is 0 Å². The molecular weight excluding hydrogens is 360 g/mol. The van der Waals surface area contributed by atoms with Gasteiger partial charge in [0.25, 0.3) is 0 Å². The van der Waals surface area contributed by atoms with E-state index in [1.807, 2.05) is 54.6 Å². The Kier molecular flexibility index (Phi) is 5.61. The molecular formula is C25H24N2O2. The Balaban J connectivity index is 1.55. The molecule has 0 saturated heterocycles. The van der Waals surface area contributed by atoms with Crippen molar-refractivity contribution in [3.63, 3.8) is 0 Å². The van der Waals surface area contributed by atoms with Crippen LogP contribution in [0.2, 0.25) is 0 Å². The number of benzene rings is 3. The molecule has 0 atom stereocenters. The predicted molar refractivity (Wildman–Crippen MR) is 118 cm³/mol. The van der Waals surface area contributed by atoms with E-state index in [0.29, 0.717) is 6.61 Å². The third-order valence-corrected chi connectivity index (χ3v) is 4.80. The summed E-state index contributed by atoms with van der Waals surface area (Å²) in [4.78, 5) is 4.80. The fourth-order valence-corrected chi connectivity index (χ4v) is 3.30. The van der Waals surface area contributed by atoms with Gasteiger partial charge in [0.05, 0.1) is 24.7 Å². The zero-order valence-corrected chi connectivity index (χ0v) is 16.7. The second-order valence-electron chi connectivity index (χ2n) is 6.88. The Hall–Kier alpha value is -3.53. The van der Waals surface area contributed by atoms with Gasteiger partial charge in [0.2, 0.25) is 0 Å². The van der Waals surface area contributed by atoms with E-state index in [-0.39, 0.29) is 0 Å². The number of ether oxygens (including phenoxy) is 2. The number of rotatable bonds is 7. The fraction of sp³-hybridized carbons (Fsp3) is 0.160. The molecule has 0 aliphatic carbocycles. The molecule has 4 aromatic rings. The van der Waals surface area contributed by atoms with Crippen molar-refractivity contribution >= 4 is 23.2 Å². The highest BCUT2D eigenvalue weighted by atomic mass is 16.5. The van der Waals surface area contributed by atoms with Gasteiger partial charge in [-0.15, -0.1) is 0 Å². The Morgan fingerprint density at radius 3 is 2.52 bits per heavy atom. The average molecular weight is 384 g/mol. The van der Waals surface area contributed by atoms with Gasteiger partial charge >= 0.3 is 0 Å². The van der Waals surface area contributed by atoms with E-state index in [9.17, 15) is 0 Å². The average Bonchev–Trinajstić information content (AvgIpc) is 3.10. The third kappa shape index (κ3) is 4.49. The minimum atomic E-state index is 0.577. The smallest absolute Gasteiger partial charge is 0.133 e. The molecule has 0 N–H and O–H groups in total. The quantitative estimate of drug-likeness (QED) is 0.416. The predicted octanol–water partition coefficient (Wildman–Crippen LogP) is 5.60. The van der Waals surface area contributed by atoms with Crippen molar-refractivity contribution in [1.82, 2.24) is 9.55 Å². The number of imidazole rings is 1. The van der Waals surface area contributed by atoms with Gasteiger partial charge in [0.15, 0.2) is 0 Å². The lowest BCUT2D eigenvalue weighted by molar-refractivity contribution is 0.299. The molecule has 0 aliphatic rings. The molecule has 146 valence electrons. The molecule has 4 heteroatoms. The zero-order chi connectivity index (χ0) is 20.1. The van der Waals surface area contributed by atoms with Crippen LogP contribution in [0.5, 0.6) is 11.5 Å². The SMILES string of the molecule is COc1ccc(/C=C/c2nc3ccccc3n2CCOc2cccc(C)c2)cc1. The van der Waals surface area contributed by atoms with Crippen LogP contribution in [0.4, 0.5) is 0 Å². The van der Waals surface area contributed by atoms with E-state index in [2.05, 4.69) is 41.8 Å². The van der Waals surface area contributed by atoms with Gasteiger partial charge in [-0.05, 0) is 60.5 Å². The normalized spacial score (nSPS) is 11.2. The number of nitrogens with zero attached hydrogens (tertiary/aromatic N) is 2. The summed E-state index contributed by atoms with van der Waals surface area (Å²) in [5.74, 6) is 2.65. The third-order valence-electron chi connectivity index (χ3n) is 4.80. The van der Waals surface area contributed by atoms with E-state index in [0.717, 1.165) is 40.5 Å². The summed E-state index contributed by atoms with van der Waals surface area (Å²) in [5.41, 5.74) is 4.38. The van der Waals surface area contributed by atoms with Crippen LogP contribution >= 0.6 is 0 Å². The van der Waals surface area contributed by atoms with E-state index in [1.165, 1.54) is 5.56 Å². The summed E-state index contributed by atoms with van der Waals surface area (Å²) in [6.45, 7) is 3.36. The molecule has 0 saturated carbocycles. The summed E-state index contributed by atoms with van der Waals surface area (Å²) in [7, 11) is 1.67. The van der Waals surface area contributed by atoms with Gasteiger partial charge in [-0.25, -0.2) is 4.98 Å². The van der Waals surface area contributed by atoms with E-state index in [1.54, 1.807) is 7.11 Å². The number of hydrogen-bond donors (Lipinski definition) is 0. The van der Waals surface area contributed by atoms with E-state index in [4.69, 9.17) is 14.5 Å². The van der Waals surface area contributed by atoms with E-state index < -0.39 is 0 Å². The van der Waals surface area contributed by atoms with Gasteiger partial charge in [-0.2, -0.15) is 0 Å². The standard InChI is InChI=1S/C25H24N2O2/c1-19-6-5-7-22(18-19)29-17-16-27-24-9-4-3-8-23(24)26-25(27)15-12-20-10-13-21(28-2)14-11-20/h3-15,18H,16-17H2,1-2H3/b15-12+. The van der Waals surface area contributed by atoms with Crippen LogP contribution in [-0.4, -0.2) is 23.3 Å². The number of hydrogen-bond acceptors (Lipinski definition) is 3. The minimum absolute atomic E-state index is 0.577. The Labute approximate surface area is 171 Å². The summed E-state index contributed by atoms with van der Waals surface area (Å²) in [6.07, 6.45) is 4.12. The highest BCUT2D eigenvalue weighted by Gasteiger charge is 2.08. The lowest BCUT2D eigenvalue weighted by atomic mass is 10.2. The molecule has 4 nitrogen and oxygen atoms in total. The summed E-state index contributed by atoms with van der Waals surface area (Å²) in [5, 5.41) is 0. The first-order valence-electron chi connectivity index (χ1n) is 9.70. The van der Waals surface area contributed by atoms with Gasteiger partial charge in [-0.1, -0.05) is 42.5 Å². The molecule has 0 spiro atoms. The maximum atomic E-state index is 5.97. The molecule has 0 radical (unpaired) electrons. The molecule has 3 aromatic carbocycles. The first kappa shape index (κ1) is 18.8. The highest BCUT2D eigenvalue weighted by Crippen LogP contribution is 2.20. The topological polar surface area (TPSA) is 36.3 Å². The molecule has 4 rings (SSSR count). The number of aromatic nitrogens is 2. The number of methoxy groups -OCH3 is 1. The summed E-state index contributed by atoms with van der Waals surface area (Å²) < 4.78 is 13.4. The number of aryl methyl sites for hydroxylation is 1. The minimum Gasteiger partial charge on any atom is -0.497 e. The van der Waals surface area contributed by atoms with Crippen LogP contribution < -0.4 is 9.47 Å². The van der Waals surface area contributed by atoms with Crippen LogP contribution in [0, 0.1) is 6.92 Å². The van der Waals surface area contributed by atoms with Crippen molar-refractivity contribution in [2.24, 2.45) is 0 Å². The Morgan fingerprint density at radius 2 is 1.72 bits per heavy atom. The summed E-state index contributed by atoms with van der Waals surface area (Å²) >= 11 is 0. The second kappa shape index (κ2) is 8.65. The molecule has 0 bridgehead atoms. The highest BCUT2D eigenvalue weighted by molar-refractivity contribution is 5.79. The lowest BCUT2D eigenvalue weighted by Gasteiger charge is -2.10. The van der Waals surface area contributed by atoms with Crippen LogP contribution in [0.15, 0.2) is 72.8 Å². The van der Waals surface area contributed by atoms with Crippen molar-refractivity contribution < 1.29 is 9.47 Å². The summed E-state index contributed by atoms with van der Waals surface area (Å²) in [6, 6.07) is 24.3. The van der Waals surface area contributed by atoms with Crippen LogP contribution in [-0.2, 0) is 6.54 Å². The first-order valence-corrected chi connectivity index (χ1v) is 9.70. The Morgan fingerprint density at radius 1 is 0.897 bits per heavy atom. The van der Waals surface area contributed by atoms with Gasteiger partial charge in [-0.3, -0.25) is 0 Å². The number of para-hydroxylation sites is 2. The largest absolute Gasteiger partial charge is 0.497 e. The van der Waals surface area contributed by atoms with Crippen LogP contribution in [0.1, 0.15) is 17.0 Å². The molecule has 0 aliphatic heterocycles. The van der Waals surface area contributed by atoms with Gasteiger partial charge in [0.1, 0.15) is 23.9 Å². The Bertz CT molecular complexity index is 1130. The van der Waals surface area contributed by atoms with Gasteiger partial charge in [0, 0.05) is 0 Å². The van der Waals surface area contributed by atoms with Crippen LogP contribution in [0.3, 0.4) is 0 Å². The van der Waals surface area contributed by atoms with Crippen molar-refractivity contribution in [3.8, 4) is 11.5 Å². The van der Waals surface area contributed by atoms with Crippen molar-refractivity contribution in [2.75, 3.05) is 13.7 Å². The molecule has 0 unspecified atom stereocenters. The van der Waals surface area contributed by atoms with Crippen LogP contribution in [0.25, 0.3) is 23.2 Å². The fourth-order valence-electron chi connectivity index (χ4n) is 3.30. The lowest BCUT2D eigenvalue weighted by Crippen LogP contribution is -2.09. The van der Waals surface area contributed by atoms with Crippen molar-refractivity contribution in [3.05, 3.63) is 89.7 Å². The molecule has 1 heterocycles. The van der Waals surface area contributed by atoms with Crippen molar-refractivity contribution in [1.29, 1.82) is 0 Å². The van der Waals surface area contributed by atoms with Gasteiger partial charge < -0.3 is 14.0 Å². The first-order chi connectivity index (χ1) is 14.2. The molecule has 1 aromatic heterocycles. The second-order valence-corrected chi connectivity index (χ2v) is 6.88. The zero-order valence-electron chi connectivity index (χ0n) is 16.7. The molecule has 0 fully saturated rings. The maximum absolute atomic E-state index is 5.97. The monoisotopic (exact) mass is 384 g/mol.